The number of rotatable bonds is 5. The summed E-state index contributed by atoms with van der Waals surface area (Å²) in [6, 6.07) is 7.34. The second-order valence-electron chi connectivity index (χ2n) is 2.70. The molecule has 0 saturated heterocycles. The molecule has 0 aliphatic rings. The van der Waals surface area contributed by atoms with Crippen molar-refractivity contribution in [3.8, 4) is 0 Å². The van der Waals surface area contributed by atoms with Crippen molar-refractivity contribution in [1.82, 2.24) is 5.48 Å². The van der Waals surface area contributed by atoms with Crippen molar-refractivity contribution in [3.63, 3.8) is 0 Å². The van der Waals surface area contributed by atoms with E-state index in [0.29, 0.717) is 17.4 Å². The molecule has 0 atom stereocenters. The van der Waals surface area contributed by atoms with Crippen molar-refractivity contribution in [1.29, 1.82) is 0 Å². The van der Waals surface area contributed by atoms with Crippen LogP contribution in [-0.2, 0) is 9.63 Å². The minimum absolute atomic E-state index is 0.142. The monoisotopic (exact) mass is 245 g/mol. The van der Waals surface area contributed by atoms with Gasteiger partial charge in [0, 0.05) is 9.92 Å². The van der Waals surface area contributed by atoms with Gasteiger partial charge in [-0.15, -0.1) is 11.8 Å². The molecule has 0 radical (unpaired) electrons. The van der Waals surface area contributed by atoms with Crippen molar-refractivity contribution in [2.45, 2.75) is 11.8 Å². The summed E-state index contributed by atoms with van der Waals surface area (Å²) in [4.78, 5) is 16.9. The fourth-order valence-electron chi connectivity index (χ4n) is 0.862. The number of hydrogen-bond donors (Lipinski definition) is 1. The van der Waals surface area contributed by atoms with Crippen LogP contribution in [0, 0.1) is 0 Å². The van der Waals surface area contributed by atoms with Gasteiger partial charge in [0.1, 0.15) is 0 Å². The largest absolute Gasteiger partial charge is 0.274 e. The topological polar surface area (TPSA) is 38.3 Å². The first-order valence-electron chi connectivity index (χ1n) is 4.51. The summed E-state index contributed by atoms with van der Waals surface area (Å²) < 4.78 is 0. The second kappa shape index (κ2) is 6.71. The first-order chi connectivity index (χ1) is 7.22. The number of hydrogen-bond acceptors (Lipinski definition) is 3. The van der Waals surface area contributed by atoms with E-state index in [1.165, 1.54) is 11.8 Å². The van der Waals surface area contributed by atoms with Gasteiger partial charge in [0.2, 0.25) is 0 Å². The first kappa shape index (κ1) is 12.4. The molecule has 0 aromatic heterocycles. The van der Waals surface area contributed by atoms with Crippen LogP contribution in [0.15, 0.2) is 29.2 Å². The Morgan fingerprint density at radius 2 is 2.13 bits per heavy atom. The highest BCUT2D eigenvalue weighted by Crippen LogP contribution is 2.19. The lowest BCUT2D eigenvalue weighted by Gasteiger charge is -2.03. The molecule has 0 bridgehead atoms. The lowest BCUT2D eigenvalue weighted by atomic mass is 10.4. The molecule has 82 valence electrons. The maximum Gasteiger partial charge on any atom is 0.253 e. The van der Waals surface area contributed by atoms with Crippen LogP contribution in [0.2, 0.25) is 5.02 Å². The summed E-state index contributed by atoms with van der Waals surface area (Å²) >= 11 is 7.17. The van der Waals surface area contributed by atoms with Crippen LogP contribution in [0.1, 0.15) is 6.92 Å². The molecule has 15 heavy (non-hydrogen) atoms. The van der Waals surface area contributed by atoms with Crippen LogP contribution in [0.4, 0.5) is 0 Å². The average molecular weight is 246 g/mol. The van der Waals surface area contributed by atoms with E-state index in [0.717, 1.165) is 4.90 Å². The van der Waals surface area contributed by atoms with Crippen LogP contribution < -0.4 is 5.48 Å². The number of halogens is 1. The quantitative estimate of drug-likeness (QED) is 0.640. The summed E-state index contributed by atoms with van der Waals surface area (Å²) in [5, 5.41) is 0.693. The van der Waals surface area contributed by atoms with Crippen molar-refractivity contribution in [2.75, 3.05) is 12.4 Å². The Labute approximate surface area is 98.1 Å². The smallest absolute Gasteiger partial charge is 0.253 e. The van der Waals surface area contributed by atoms with E-state index in [-0.39, 0.29) is 5.91 Å². The lowest BCUT2D eigenvalue weighted by Crippen LogP contribution is -2.25. The molecule has 1 rings (SSSR count). The summed E-state index contributed by atoms with van der Waals surface area (Å²) in [5.74, 6) is 0.193. The van der Waals surface area contributed by atoms with Gasteiger partial charge in [0.25, 0.3) is 5.91 Å². The number of benzene rings is 1. The third-order valence-corrected chi connectivity index (χ3v) is 2.78. The van der Waals surface area contributed by atoms with E-state index in [1.807, 2.05) is 19.1 Å². The summed E-state index contributed by atoms with van der Waals surface area (Å²) in [5.41, 5.74) is 2.33. The number of hydroxylamine groups is 1. The molecule has 0 fully saturated rings. The van der Waals surface area contributed by atoms with Gasteiger partial charge < -0.3 is 0 Å². The van der Waals surface area contributed by atoms with Gasteiger partial charge in [0.15, 0.2) is 0 Å². The molecule has 1 N–H and O–H groups in total. The zero-order chi connectivity index (χ0) is 11.1. The average Bonchev–Trinajstić information content (AvgIpc) is 2.25. The molecule has 0 saturated carbocycles. The fourth-order valence-corrected chi connectivity index (χ4v) is 1.67. The van der Waals surface area contributed by atoms with Gasteiger partial charge in [-0.3, -0.25) is 9.63 Å². The van der Waals surface area contributed by atoms with E-state index in [2.05, 4.69) is 5.48 Å². The molecule has 1 aromatic rings. The maximum atomic E-state index is 11.2. The molecule has 3 nitrogen and oxygen atoms in total. The molecule has 0 unspecified atom stereocenters. The van der Waals surface area contributed by atoms with Crippen molar-refractivity contribution < 1.29 is 9.63 Å². The van der Waals surface area contributed by atoms with E-state index < -0.39 is 0 Å². The molecule has 0 spiro atoms. The Hall–Kier alpha value is -0.710. The molecule has 5 heteroatoms. The van der Waals surface area contributed by atoms with E-state index >= 15 is 0 Å². The first-order valence-corrected chi connectivity index (χ1v) is 5.87. The fraction of sp³-hybridized carbons (Fsp3) is 0.300. The summed E-state index contributed by atoms with van der Waals surface area (Å²) in [6.45, 7) is 2.28. The molecule has 0 aliphatic heterocycles. The van der Waals surface area contributed by atoms with Gasteiger partial charge in [0.05, 0.1) is 12.4 Å². The Morgan fingerprint density at radius 1 is 1.47 bits per heavy atom. The van der Waals surface area contributed by atoms with Crippen molar-refractivity contribution in [2.24, 2.45) is 0 Å². The lowest BCUT2D eigenvalue weighted by molar-refractivity contribution is -0.130. The number of carbonyl (C=O) groups excluding carboxylic acids is 1. The normalized spacial score (nSPS) is 10.0. The zero-order valence-corrected chi connectivity index (χ0v) is 9.90. The summed E-state index contributed by atoms with van der Waals surface area (Å²) in [6.07, 6.45) is 0. The highest BCUT2D eigenvalue weighted by atomic mass is 35.5. The molecule has 1 amide bonds. The zero-order valence-electron chi connectivity index (χ0n) is 8.33. The predicted octanol–water partition coefficient (Wildman–Crippen LogP) is 2.50. The van der Waals surface area contributed by atoms with Gasteiger partial charge in [-0.2, -0.15) is 0 Å². The van der Waals surface area contributed by atoms with Gasteiger partial charge >= 0.3 is 0 Å². The van der Waals surface area contributed by atoms with Crippen LogP contribution in [-0.4, -0.2) is 18.3 Å². The van der Waals surface area contributed by atoms with Crippen LogP contribution in [0.5, 0.6) is 0 Å². The number of thioether (sulfide) groups is 1. The highest BCUT2D eigenvalue weighted by Gasteiger charge is 2.01. The van der Waals surface area contributed by atoms with Crippen LogP contribution in [0.3, 0.4) is 0 Å². The SMILES string of the molecule is CCONC(=O)CSc1ccc(Cl)cc1. The molecule has 1 aromatic carbocycles. The number of amides is 1. The van der Waals surface area contributed by atoms with Gasteiger partial charge in [-0.05, 0) is 31.2 Å². The third kappa shape index (κ3) is 5.06. The Bertz CT molecular complexity index is 316. The van der Waals surface area contributed by atoms with E-state index in [1.54, 1.807) is 12.1 Å². The minimum Gasteiger partial charge on any atom is -0.274 e. The van der Waals surface area contributed by atoms with E-state index in [9.17, 15) is 4.79 Å². The molecule has 0 heterocycles. The standard InChI is InChI=1S/C10H12ClNO2S/c1-2-14-12-10(13)7-15-9-5-3-8(11)4-6-9/h3-6H,2,7H2,1H3,(H,12,13). The van der Waals surface area contributed by atoms with E-state index in [4.69, 9.17) is 16.4 Å². The third-order valence-electron chi connectivity index (χ3n) is 1.51. The Morgan fingerprint density at radius 3 is 2.73 bits per heavy atom. The van der Waals surface area contributed by atoms with Crippen LogP contribution in [0.25, 0.3) is 0 Å². The number of nitrogens with one attached hydrogen (secondary N) is 1. The van der Waals surface area contributed by atoms with Crippen LogP contribution >= 0.6 is 23.4 Å². The Kier molecular flexibility index (Phi) is 5.53. The second-order valence-corrected chi connectivity index (χ2v) is 4.19. The number of carbonyl (C=O) groups is 1. The molecule has 0 aliphatic carbocycles. The van der Waals surface area contributed by atoms with Gasteiger partial charge in [-0.25, -0.2) is 5.48 Å². The highest BCUT2D eigenvalue weighted by molar-refractivity contribution is 8.00. The summed E-state index contributed by atoms with van der Waals surface area (Å²) in [7, 11) is 0. The predicted molar refractivity (Wildman–Crippen MR) is 61.9 cm³/mol. The van der Waals surface area contributed by atoms with Crippen molar-refractivity contribution >= 4 is 29.3 Å². The van der Waals surface area contributed by atoms with Gasteiger partial charge in [-0.1, -0.05) is 11.6 Å². The molecular formula is C10H12ClNO2S. The maximum absolute atomic E-state index is 11.2. The van der Waals surface area contributed by atoms with Crippen molar-refractivity contribution in [3.05, 3.63) is 29.3 Å². The Balaban J connectivity index is 2.30. The molecular weight excluding hydrogens is 234 g/mol. The minimum atomic E-state index is -0.142.